The molecule has 1 aliphatic rings. The summed E-state index contributed by atoms with van der Waals surface area (Å²) in [4.78, 5) is 11.6. The second-order valence-corrected chi connectivity index (χ2v) is 4.36. The molecule has 98 valence electrons. The van der Waals surface area contributed by atoms with Gasteiger partial charge in [0.25, 0.3) is 0 Å². The molecule has 18 heavy (non-hydrogen) atoms. The number of benzene rings is 1. The molecule has 0 radical (unpaired) electrons. The number of nitrogens with one attached hydrogen (secondary N) is 1. The Morgan fingerprint density at radius 2 is 2.11 bits per heavy atom. The molecule has 0 aliphatic heterocycles. The lowest BCUT2D eigenvalue weighted by molar-refractivity contribution is -0.120. The molecule has 0 saturated heterocycles. The third kappa shape index (κ3) is 2.56. The second kappa shape index (κ2) is 5.27. The number of carbonyl (C=O) groups is 1. The number of primary amides is 1. The van der Waals surface area contributed by atoms with Crippen LogP contribution in [0.15, 0.2) is 18.2 Å². The van der Waals surface area contributed by atoms with Crippen LogP contribution >= 0.6 is 0 Å². The summed E-state index contributed by atoms with van der Waals surface area (Å²) in [5.74, 6) is 0.740. The molecule has 1 unspecified atom stereocenters. The first-order valence-electron chi connectivity index (χ1n) is 5.93. The van der Waals surface area contributed by atoms with E-state index in [9.17, 15) is 4.79 Å². The number of methoxy groups -OCH3 is 2. The zero-order valence-corrected chi connectivity index (χ0v) is 10.6. The monoisotopic (exact) mass is 250 g/mol. The van der Waals surface area contributed by atoms with Crippen molar-refractivity contribution in [3.05, 3.63) is 23.8 Å². The van der Waals surface area contributed by atoms with E-state index in [0.717, 1.165) is 18.4 Å². The van der Waals surface area contributed by atoms with Gasteiger partial charge in [-0.05, 0) is 18.9 Å². The maximum absolute atomic E-state index is 11.6. The Hall–Kier alpha value is -1.75. The van der Waals surface area contributed by atoms with Crippen molar-refractivity contribution in [3.8, 4) is 11.5 Å². The molecule has 0 aromatic heterocycles. The van der Waals surface area contributed by atoms with Crippen molar-refractivity contribution in [3.63, 3.8) is 0 Å². The van der Waals surface area contributed by atoms with E-state index in [1.165, 1.54) is 0 Å². The van der Waals surface area contributed by atoms with Gasteiger partial charge in [-0.2, -0.15) is 0 Å². The summed E-state index contributed by atoms with van der Waals surface area (Å²) in [6.07, 6.45) is 2.16. The molecule has 1 aromatic rings. The van der Waals surface area contributed by atoms with Crippen LogP contribution in [0.1, 0.15) is 24.4 Å². The fourth-order valence-corrected chi connectivity index (χ4v) is 1.95. The number of ether oxygens (including phenoxy) is 2. The summed E-state index contributed by atoms with van der Waals surface area (Å²) < 4.78 is 10.6. The normalized spacial score (nSPS) is 16.1. The molecule has 0 spiro atoms. The number of hydrogen-bond donors (Lipinski definition) is 2. The van der Waals surface area contributed by atoms with Crippen molar-refractivity contribution in [2.75, 3.05) is 14.2 Å². The molecule has 1 saturated carbocycles. The number of para-hydroxylation sites is 1. The van der Waals surface area contributed by atoms with E-state index >= 15 is 0 Å². The predicted molar refractivity (Wildman–Crippen MR) is 67.6 cm³/mol. The zero-order chi connectivity index (χ0) is 13.1. The van der Waals surface area contributed by atoms with E-state index in [0.29, 0.717) is 17.5 Å². The Kier molecular flexibility index (Phi) is 3.72. The summed E-state index contributed by atoms with van der Waals surface area (Å²) in [5.41, 5.74) is 6.18. The van der Waals surface area contributed by atoms with Gasteiger partial charge in [0.05, 0.1) is 14.2 Å². The largest absolute Gasteiger partial charge is 0.493 e. The molecule has 3 N–H and O–H groups in total. The first-order valence-corrected chi connectivity index (χ1v) is 5.93. The maximum atomic E-state index is 11.6. The van der Waals surface area contributed by atoms with Gasteiger partial charge in [-0.25, -0.2) is 0 Å². The summed E-state index contributed by atoms with van der Waals surface area (Å²) in [6.45, 7) is 0. The molecule has 2 rings (SSSR count). The van der Waals surface area contributed by atoms with Crippen molar-refractivity contribution < 1.29 is 14.3 Å². The first kappa shape index (κ1) is 12.7. The molecule has 1 aliphatic carbocycles. The van der Waals surface area contributed by atoms with Gasteiger partial charge >= 0.3 is 0 Å². The van der Waals surface area contributed by atoms with Gasteiger partial charge in [-0.1, -0.05) is 12.1 Å². The average molecular weight is 250 g/mol. The summed E-state index contributed by atoms with van der Waals surface area (Å²) in [7, 11) is 3.12. The van der Waals surface area contributed by atoms with Gasteiger partial charge in [0.2, 0.25) is 5.91 Å². The summed E-state index contributed by atoms with van der Waals surface area (Å²) in [6, 6.07) is 5.27. The molecule has 1 fully saturated rings. The minimum atomic E-state index is -0.539. The lowest BCUT2D eigenvalue weighted by Gasteiger charge is -2.19. The highest BCUT2D eigenvalue weighted by molar-refractivity contribution is 5.82. The van der Waals surface area contributed by atoms with E-state index in [4.69, 9.17) is 15.2 Å². The minimum Gasteiger partial charge on any atom is -0.493 e. The fraction of sp³-hybridized carbons (Fsp3) is 0.462. The van der Waals surface area contributed by atoms with Gasteiger partial charge in [-0.3, -0.25) is 10.1 Å². The number of carbonyl (C=O) groups excluding carboxylic acids is 1. The molecule has 0 bridgehead atoms. The summed E-state index contributed by atoms with van der Waals surface area (Å²) in [5, 5.41) is 3.22. The van der Waals surface area contributed by atoms with Gasteiger partial charge in [-0.15, -0.1) is 0 Å². The van der Waals surface area contributed by atoms with E-state index in [2.05, 4.69) is 5.32 Å². The van der Waals surface area contributed by atoms with E-state index in [1.54, 1.807) is 20.3 Å². The van der Waals surface area contributed by atoms with Crippen molar-refractivity contribution >= 4 is 5.91 Å². The van der Waals surface area contributed by atoms with Crippen molar-refractivity contribution in [1.82, 2.24) is 5.32 Å². The Balaban J connectivity index is 2.35. The van der Waals surface area contributed by atoms with Gasteiger partial charge in [0.1, 0.15) is 6.04 Å². The van der Waals surface area contributed by atoms with Crippen LogP contribution < -0.4 is 20.5 Å². The molecule has 1 aromatic carbocycles. The fourth-order valence-electron chi connectivity index (χ4n) is 1.95. The molecule has 1 atom stereocenters. The van der Waals surface area contributed by atoms with Crippen LogP contribution in [0.2, 0.25) is 0 Å². The zero-order valence-electron chi connectivity index (χ0n) is 10.6. The summed E-state index contributed by atoms with van der Waals surface area (Å²) >= 11 is 0. The highest BCUT2D eigenvalue weighted by Gasteiger charge is 2.30. The van der Waals surface area contributed by atoms with Gasteiger partial charge in [0.15, 0.2) is 11.5 Å². The maximum Gasteiger partial charge on any atom is 0.239 e. The van der Waals surface area contributed by atoms with Gasteiger partial charge < -0.3 is 15.2 Å². The molecule has 5 heteroatoms. The third-order valence-corrected chi connectivity index (χ3v) is 3.01. The quantitative estimate of drug-likeness (QED) is 0.789. The third-order valence-electron chi connectivity index (χ3n) is 3.01. The van der Waals surface area contributed by atoms with Crippen molar-refractivity contribution in [2.24, 2.45) is 5.73 Å². The van der Waals surface area contributed by atoms with Crippen LogP contribution in [0, 0.1) is 0 Å². The Labute approximate surface area is 106 Å². The number of hydrogen-bond acceptors (Lipinski definition) is 4. The molecule has 0 heterocycles. The van der Waals surface area contributed by atoms with E-state index in [-0.39, 0.29) is 0 Å². The van der Waals surface area contributed by atoms with Crippen LogP contribution in [0.5, 0.6) is 11.5 Å². The number of nitrogens with two attached hydrogens (primary N) is 1. The first-order chi connectivity index (χ1) is 8.67. The molecular formula is C13H18N2O3. The number of rotatable bonds is 6. The van der Waals surface area contributed by atoms with Crippen LogP contribution in [0.3, 0.4) is 0 Å². The van der Waals surface area contributed by atoms with Crippen LogP contribution in [-0.2, 0) is 4.79 Å². The average Bonchev–Trinajstić information content (AvgIpc) is 3.18. The molecule has 5 nitrogen and oxygen atoms in total. The smallest absolute Gasteiger partial charge is 0.239 e. The van der Waals surface area contributed by atoms with E-state index in [1.807, 2.05) is 12.1 Å². The SMILES string of the molecule is COc1cccc(C(NC2CC2)C(N)=O)c1OC. The lowest BCUT2D eigenvalue weighted by atomic mass is 10.0. The van der Waals surface area contributed by atoms with Crippen LogP contribution in [0.4, 0.5) is 0 Å². The Bertz CT molecular complexity index is 444. The molecular weight excluding hydrogens is 232 g/mol. The topological polar surface area (TPSA) is 73.6 Å². The standard InChI is InChI=1S/C13H18N2O3/c1-17-10-5-3-4-9(12(10)18-2)11(13(14)16)15-8-6-7-8/h3-5,8,11,15H,6-7H2,1-2H3,(H2,14,16). The molecule has 1 amide bonds. The van der Waals surface area contributed by atoms with Crippen molar-refractivity contribution in [1.29, 1.82) is 0 Å². The van der Waals surface area contributed by atoms with Crippen molar-refractivity contribution in [2.45, 2.75) is 24.9 Å². The highest BCUT2D eigenvalue weighted by atomic mass is 16.5. The Morgan fingerprint density at radius 1 is 1.39 bits per heavy atom. The van der Waals surface area contributed by atoms with Crippen LogP contribution in [0.25, 0.3) is 0 Å². The second-order valence-electron chi connectivity index (χ2n) is 4.36. The lowest BCUT2D eigenvalue weighted by Crippen LogP contribution is -2.35. The minimum absolute atomic E-state index is 0.374. The predicted octanol–water partition coefficient (Wildman–Crippen LogP) is 0.982. The van der Waals surface area contributed by atoms with Gasteiger partial charge in [0, 0.05) is 11.6 Å². The highest BCUT2D eigenvalue weighted by Crippen LogP contribution is 2.35. The van der Waals surface area contributed by atoms with Crippen LogP contribution in [-0.4, -0.2) is 26.2 Å². The Morgan fingerprint density at radius 3 is 2.61 bits per heavy atom. The number of amides is 1. The van der Waals surface area contributed by atoms with E-state index < -0.39 is 11.9 Å².